The number of halogens is 1. The van der Waals surface area contributed by atoms with Gasteiger partial charge in [-0.25, -0.2) is 4.98 Å². The van der Waals surface area contributed by atoms with E-state index in [-0.39, 0.29) is 0 Å². The topological polar surface area (TPSA) is 16.1 Å². The van der Waals surface area contributed by atoms with Crippen molar-refractivity contribution in [1.29, 1.82) is 0 Å². The van der Waals surface area contributed by atoms with Crippen molar-refractivity contribution in [3.63, 3.8) is 0 Å². The molecule has 4 heteroatoms. The molecule has 0 amide bonds. The van der Waals surface area contributed by atoms with Crippen molar-refractivity contribution >= 4 is 28.1 Å². The minimum absolute atomic E-state index is 0.564. The summed E-state index contributed by atoms with van der Waals surface area (Å²) in [4.78, 5) is 7.01. The van der Waals surface area contributed by atoms with Crippen molar-refractivity contribution < 1.29 is 0 Å². The number of thiazole rings is 1. The molecule has 0 aliphatic carbocycles. The summed E-state index contributed by atoms with van der Waals surface area (Å²) >= 11 is 7.62. The number of aromatic nitrogens is 1. The van der Waals surface area contributed by atoms with Crippen LogP contribution in [-0.4, -0.2) is 23.5 Å². The SMILES string of the molecule is CCc1csc(N(CCCl)C(CC)CC)n1. The van der Waals surface area contributed by atoms with Gasteiger partial charge in [-0.05, 0) is 19.3 Å². The van der Waals surface area contributed by atoms with Crippen LogP contribution in [0.5, 0.6) is 0 Å². The molecule has 1 rings (SSSR count). The number of alkyl halides is 1. The van der Waals surface area contributed by atoms with E-state index in [0.29, 0.717) is 11.9 Å². The average molecular weight is 261 g/mol. The van der Waals surface area contributed by atoms with Crippen molar-refractivity contribution in [1.82, 2.24) is 4.98 Å². The molecule has 16 heavy (non-hydrogen) atoms. The molecule has 0 unspecified atom stereocenters. The fourth-order valence-electron chi connectivity index (χ4n) is 1.85. The highest BCUT2D eigenvalue weighted by atomic mass is 35.5. The van der Waals surface area contributed by atoms with Gasteiger partial charge in [0.2, 0.25) is 0 Å². The third-order valence-corrected chi connectivity index (χ3v) is 3.95. The molecule has 0 atom stereocenters. The Morgan fingerprint density at radius 3 is 2.50 bits per heavy atom. The van der Waals surface area contributed by atoms with Gasteiger partial charge in [0, 0.05) is 23.8 Å². The average Bonchev–Trinajstić information content (AvgIpc) is 2.77. The van der Waals surface area contributed by atoms with Crippen molar-refractivity contribution in [2.24, 2.45) is 0 Å². The summed E-state index contributed by atoms with van der Waals surface area (Å²) in [6, 6.07) is 0.564. The molecule has 0 aromatic carbocycles. The van der Waals surface area contributed by atoms with Gasteiger partial charge < -0.3 is 4.90 Å². The molecule has 1 heterocycles. The highest BCUT2D eigenvalue weighted by molar-refractivity contribution is 7.13. The van der Waals surface area contributed by atoms with Crippen LogP contribution in [0.3, 0.4) is 0 Å². The van der Waals surface area contributed by atoms with Crippen molar-refractivity contribution in [2.75, 3.05) is 17.3 Å². The molecule has 0 aliphatic rings. The summed E-state index contributed by atoms with van der Waals surface area (Å²) in [5.74, 6) is 0.664. The largest absolute Gasteiger partial charge is 0.344 e. The van der Waals surface area contributed by atoms with E-state index in [1.54, 1.807) is 11.3 Å². The maximum absolute atomic E-state index is 5.88. The van der Waals surface area contributed by atoms with E-state index >= 15 is 0 Å². The predicted octanol–water partition coefficient (Wildman–Crippen LogP) is 3.94. The summed E-state index contributed by atoms with van der Waals surface area (Å²) < 4.78 is 0. The maximum Gasteiger partial charge on any atom is 0.185 e. The quantitative estimate of drug-likeness (QED) is 0.691. The Hall–Kier alpha value is -0.280. The molecule has 0 radical (unpaired) electrons. The third kappa shape index (κ3) is 3.36. The second kappa shape index (κ2) is 7.13. The zero-order valence-corrected chi connectivity index (χ0v) is 11.9. The van der Waals surface area contributed by atoms with Gasteiger partial charge in [0.1, 0.15) is 0 Å². The molecule has 0 fully saturated rings. The van der Waals surface area contributed by atoms with Gasteiger partial charge in [-0.1, -0.05) is 20.8 Å². The van der Waals surface area contributed by atoms with Gasteiger partial charge >= 0.3 is 0 Å². The van der Waals surface area contributed by atoms with E-state index in [0.717, 1.165) is 30.9 Å². The van der Waals surface area contributed by atoms with Crippen LogP contribution in [0.25, 0.3) is 0 Å². The van der Waals surface area contributed by atoms with Gasteiger partial charge in [-0.3, -0.25) is 0 Å². The van der Waals surface area contributed by atoms with Gasteiger partial charge in [0.15, 0.2) is 5.13 Å². The fourth-order valence-corrected chi connectivity index (χ4v) is 3.03. The zero-order valence-electron chi connectivity index (χ0n) is 10.4. The van der Waals surface area contributed by atoms with E-state index in [2.05, 4.69) is 36.0 Å². The van der Waals surface area contributed by atoms with E-state index in [1.165, 1.54) is 5.69 Å². The molecule has 2 nitrogen and oxygen atoms in total. The smallest absolute Gasteiger partial charge is 0.185 e. The predicted molar refractivity (Wildman–Crippen MR) is 73.9 cm³/mol. The molecule has 1 aromatic heterocycles. The maximum atomic E-state index is 5.88. The number of hydrogen-bond donors (Lipinski definition) is 0. The third-order valence-electron chi connectivity index (χ3n) is 2.86. The lowest BCUT2D eigenvalue weighted by atomic mass is 10.1. The summed E-state index contributed by atoms with van der Waals surface area (Å²) in [5.41, 5.74) is 1.19. The second-order valence-corrected chi connectivity index (χ2v) is 5.04. The van der Waals surface area contributed by atoms with E-state index < -0.39 is 0 Å². The molecular weight excluding hydrogens is 240 g/mol. The van der Waals surface area contributed by atoms with Crippen molar-refractivity contribution in [2.45, 2.75) is 46.1 Å². The Balaban J connectivity index is 2.82. The molecule has 1 aromatic rings. The Morgan fingerprint density at radius 1 is 1.38 bits per heavy atom. The lowest BCUT2D eigenvalue weighted by molar-refractivity contribution is 0.566. The molecule has 0 bridgehead atoms. The van der Waals surface area contributed by atoms with Gasteiger partial charge in [-0.2, -0.15) is 0 Å². The summed E-state index contributed by atoms with van der Waals surface area (Å²) in [6.45, 7) is 7.49. The first-order chi connectivity index (χ1) is 7.76. The van der Waals surface area contributed by atoms with Crippen LogP contribution in [0.1, 0.15) is 39.3 Å². The number of aryl methyl sites for hydroxylation is 1. The molecular formula is C12H21ClN2S. The van der Waals surface area contributed by atoms with E-state index in [1.807, 2.05) is 0 Å². The first kappa shape index (κ1) is 13.8. The standard InChI is InChI=1S/C12H21ClN2S/c1-4-10-9-16-12(14-10)15(8-7-13)11(5-2)6-3/h9,11H,4-8H2,1-3H3. The van der Waals surface area contributed by atoms with Crippen LogP contribution >= 0.6 is 22.9 Å². The Kier molecular flexibility index (Phi) is 6.14. The molecule has 0 saturated carbocycles. The summed E-state index contributed by atoms with van der Waals surface area (Å²) in [7, 11) is 0. The van der Waals surface area contributed by atoms with E-state index in [9.17, 15) is 0 Å². The highest BCUT2D eigenvalue weighted by Gasteiger charge is 2.17. The monoisotopic (exact) mass is 260 g/mol. The highest BCUT2D eigenvalue weighted by Crippen LogP contribution is 2.25. The summed E-state index contributed by atoms with van der Waals surface area (Å²) in [6.07, 6.45) is 3.30. The minimum atomic E-state index is 0.564. The molecule has 92 valence electrons. The van der Waals surface area contributed by atoms with E-state index in [4.69, 9.17) is 11.6 Å². The van der Waals surface area contributed by atoms with Gasteiger partial charge in [0.25, 0.3) is 0 Å². The Morgan fingerprint density at radius 2 is 2.06 bits per heavy atom. The minimum Gasteiger partial charge on any atom is -0.344 e. The second-order valence-electron chi connectivity index (χ2n) is 3.83. The molecule has 0 spiro atoms. The normalized spacial score (nSPS) is 11.1. The lowest BCUT2D eigenvalue weighted by Crippen LogP contribution is -2.36. The first-order valence-electron chi connectivity index (χ1n) is 6.03. The molecule has 0 N–H and O–H groups in total. The zero-order chi connectivity index (χ0) is 12.0. The van der Waals surface area contributed by atoms with Crippen LogP contribution in [0.2, 0.25) is 0 Å². The number of hydrogen-bond acceptors (Lipinski definition) is 3. The van der Waals surface area contributed by atoms with Crippen LogP contribution in [0.4, 0.5) is 5.13 Å². The van der Waals surface area contributed by atoms with Gasteiger partial charge in [0.05, 0.1) is 5.69 Å². The molecule has 0 saturated heterocycles. The Labute approximate surface area is 108 Å². The molecule has 0 aliphatic heterocycles. The van der Waals surface area contributed by atoms with Crippen molar-refractivity contribution in [3.05, 3.63) is 11.1 Å². The van der Waals surface area contributed by atoms with Crippen LogP contribution in [-0.2, 0) is 6.42 Å². The van der Waals surface area contributed by atoms with Crippen LogP contribution in [0.15, 0.2) is 5.38 Å². The number of nitrogens with zero attached hydrogens (tertiary/aromatic N) is 2. The number of rotatable bonds is 7. The van der Waals surface area contributed by atoms with Crippen LogP contribution < -0.4 is 4.90 Å². The summed E-state index contributed by atoms with van der Waals surface area (Å²) in [5, 5.41) is 3.28. The fraction of sp³-hybridized carbons (Fsp3) is 0.750. The lowest BCUT2D eigenvalue weighted by Gasteiger charge is -2.29. The number of anilines is 1. The first-order valence-corrected chi connectivity index (χ1v) is 7.45. The van der Waals surface area contributed by atoms with Gasteiger partial charge in [-0.15, -0.1) is 22.9 Å². The van der Waals surface area contributed by atoms with Crippen molar-refractivity contribution in [3.8, 4) is 0 Å². The van der Waals surface area contributed by atoms with Crippen LogP contribution in [0, 0.1) is 0 Å². The Bertz CT molecular complexity index is 297.